The molecule has 1 aliphatic carbocycles. The summed E-state index contributed by atoms with van der Waals surface area (Å²) in [6.45, 7) is 1.96. The van der Waals surface area contributed by atoms with Crippen molar-refractivity contribution >= 4 is 39.8 Å². The molecule has 3 aromatic heterocycles. The quantitative estimate of drug-likeness (QED) is 0.308. The first-order chi connectivity index (χ1) is 16.0. The number of aryl methyl sites for hydroxylation is 1. The van der Waals surface area contributed by atoms with Crippen LogP contribution in [0.3, 0.4) is 0 Å². The van der Waals surface area contributed by atoms with Crippen LogP contribution in [0.4, 0.5) is 4.39 Å². The summed E-state index contributed by atoms with van der Waals surface area (Å²) in [6, 6.07) is 10.2. The first kappa shape index (κ1) is 22.3. The standard InChI is InChI=1S/C24H20ClFN4OS2/c1-2-32-21(31)12-20-28-17-8-5-6-15-22(14-10-11-19(25)27-13-14)29-30(23(15)24(17)33-20)18-9-4-3-7-16(18)26/h3-4,7,9-11,13H,2,5-6,8,12H2,1H3. The van der Waals surface area contributed by atoms with Gasteiger partial charge in [0.05, 0.1) is 28.4 Å². The molecule has 4 aromatic rings. The Labute approximate surface area is 204 Å². The maximum Gasteiger partial charge on any atom is 0.195 e. The number of hydrogen-bond acceptors (Lipinski definition) is 6. The van der Waals surface area contributed by atoms with Crippen LogP contribution in [0.1, 0.15) is 29.6 Å². The van der Waals surface area contributed by atoms with Crippen LogP contribution in [0.5, 0.6) is 0 Å². The topological polar surface area (TPSA) is 60.7 Å². The van der Waals surface area contributed by atoms with Gasteiger partial charge < -0.3 is 0 Å². The first-order valence-electron chi connectivity index (χ1n) is 10.7. The van der Waals surface area contributed by atoms with Gasteiger partial charge in [0, 0.05) is 17.3 Å². The van der Waals surface area contributed by atoms with Crippen LogP contribution in [0.2, 0.25) is 5.15 Å². The van der Waals surface area contributed by atoms with Crippen LogP contribution in [0.25, 0.3) is 27.5 Å². The van der Waals surface area contributed by atoms with Crippen molar-refractivity contribution in [2.24, 2.45) is 0 Å². The number of para-hydroxylation sites is 1. The van der Waals surface area contributed by atoms with E-state index in [1.807, 2.05) is 13.0 Å². The SMILES string of the molecule is CCSC(=O)Cc1nc2c(s1)-c1c(c(-c3ccc(Cl)nc3)nn1-c1ccccc1F)CCC2. The fourth-order valence-electron chi connectivity index (χ4n) is 4.07. The molecule has 0 amide bonds. The molecule has 0 bridgehead atoms. The van der Waals surface area contributed by atoms with Gasteiger partial charge in [0.2, 0.25) is 0 Å². The molecule has 5 nitrogen and oxygen atoms in total. The van der Waals surface area contributed by atoms with Crippen LogP contribution in [0.15, 0.2) is 42.6 Å². The molecule has 0 unspecified atom stereocenters. The number of thiazole rings is 1. The van der Waals surface area contributed by atoms with Crippen molar-refractivity contribution in [1.82, 2.24) is 19.7 Å². The molecule has 3 heterocycles. The van der Waals surface area contributed by atoms with Gasteiger partial charge in [0.1, 0.15) is 21.7 Å². The molecular weight excluding hydrogens is 479 g/mol. The molecule has 0 spiro atoms. The molecule has 0 aliphatic heterocycles. The highest BCUT2D eigenvalue weighted by Gasteiger charge is 2.29. The molecule has 168 valence electrons. The first-order valence-corrected chi connectivity index (χ1v) is 12.9. The Morgan fingerprint density at radius 1 is 1.24 bits per heavy atom. The van der Waals surface area contributed by atoms with Gasteiger partial charge in [-0.1, -0.05) is 42.4 Å². The predicted octanol–water partition coefficient (Wildman–Crippen LogP) is 6.16. The largest absolute Gasteiger partial charge is 0.287 e. The van der Waals surface area contributed by atoms with E-state index in [4.69, 9.17) is 21.7 Å². The van der Waals surface area contributed by atoms with Gasteiger partial charge in [0.25, 0.3) is 0 Å². The van der Waals surface area contributed by atoms with E-state index in [1.54, 1.807) is 35.1 Å². The normalized spacial score (nSPS) is 12.8. The second kappa shape index (κ2) is 9.37. The summed E-state index contributed by atoms with van der Waals surface area (Å²) in [5, 5.41) is 6.16. The van der Waals surface area contributed by atoms with Gasteiger partial charge in [-0.15, -0.1) is 11.3 Å². The molecule has 1 aliphatic rings. The average Bonchev–Trinajstić information content (AvgIpc) is 3.31. The Kier molecular flexibility index (Phi) is 6.32. The Balaban J connectivity index is 1.71. The Morgan fingerprint density at radius 2 is 2.09 bits per heavy atom. The third kappa shape index (κ3) is 4.35. The summed E-state index contributed by atoms with van der Waals surface area (Å²) in [5.74, 6) is 0.390. The molecule has 33 heavy (non-hydrogen) atoms. The van der Waals surface area contributed by atoms with Crippen molar-refractivity contribution in [2.45, 2.75) is 32.6 Å². The second-order valence-corrected chi connectivity index (χ2v) is 10.4. The van der Waals surface area contributed by atoms with Gasteiger partial charge in [-0.25, -0.2) is 19.0 Å². The highest BCUT2D eigenvalue weighted by Crippen LogP contribution is 2.42. The van der Waals surface area contributed by atoms with E-state index in [-0.39, 0.29) is 10.9 Å². The van der Waals surface area contributed by atoms with Crippen molar-refractivity contribution in [1.29, 1.82) is 0 Å². The summed E-state index contributed by atoms with van der Waals surface area (Å²) in [7, 11) is 0. The van der Waals surface area contributed by atoms with Crippen molar-refractivity contribution in [3.8, 4) is 27.5 Å². The number of thioether (sulfide) groups is 1. The number of aromatic nitrogens is 4. The highest BCUT2D eigenvalue weighted by atomic mass is 35.5. The third-order valence-corrected chi connectivity index (χ3v) is 7.55. The molecule has 1 aromatic carbocycles. The lowest BCUT2D eigenvalue weighted by atomic mass is 10.0. The van der Waals surface area contributed by atoms with Gasteiger partial charge in [0.15, 0.2) is 5.12 Å². The number of pyridine rings is 1. The van der Waals surface area contributed by atoms with E-state index in [0.717, 1.165) is 63.1 Å². The van der Waals surface area contributed by atoms with Crippen molar-refractivity contribution in [2.75, 3.05) is 5.75 Å². The summed E-state index contributed by atoms with van der Waals surface area (Å²) in [6.07, 6.45) is 4.46. The fourth-order valence-corrected chi connectivity index (χ4v) is 6.00. The molecule has 5 rings (SSSR count). The zero-order valence-electron chi connectivity index (χ0n) is 17.8. The number of halogens is 2. The van der Waals surface area contributed by atoms with Crippen molar-refractivity contribution in [3.63, 3.8) is 0 Å². The van der Waals surface area contributed by atoms with Gasteiger partial charge in [-0.3, -0.25) is 4.79 Å². The summed E-state index contributed by atoms with van der Waals surface area (Å²) in [4.78, 5) is 22.2. The zero-order chi connectivity index (χ0) is 22.9. The summed E-state index contributed by atoms with van der Waals surface area (Å²) in [5.41, 5.74) is 4.79. The van der Waals surface area contributed by atoms with Crippen molar-refractivity contribution < 1.29 is 9.18 Å². The minimum absolute atomic E-state index is 0.108. The van der Waals surface area contributed by atoms with Gasteiger partial charge in [-0.2, -0.15) is 5.10 Å². The van der Waals surface area contributed by atoms with E-state index in [2.05, 4.69) is 4.98 Å². The average molecular weight is 499 g/mol. The van der Waals surface area contributed by atoms with E-state index in [9.17, 15) is 9.18 Å². The minimum Gasteiger partial charge on any atom is -0.287 e. The van der Waals surface area contributed by atoms with E-state index < -0.39 is 0 Å². The molecular formula is C24H20ClFN4OS2. The number of carbonyl (C=O) groups excluding carboxylic acids is 1. The maximum absolute atomic E-state index is 14.9. The van der Waals surface area contributed by atoms with Gasteiger partial charge in [-0.05, 0) is 49.3 Å². The van der Waals surface area contributed by atoms with Crippen LogP contribution < -0.4 is 0 Å². The Morgan fingerprint density at radius 3 is 2.85 bits per heavy atom. The molecule has 0 N–H and O–H groups in total. The third-order valence-electron chi connectivity index (χ3n) is 5.46. The number of carbonyl (C=O) groups is 1. The highest BCUT2D eigenvalue weighted by molar-refractivity contribution is 8.13. The van der Waals surface area contributed by atoms with Gasteiger partial charge >= 0.3 is 0 Å². The smallest absolute Gasteiger partial charge is 0.195 e. The second-order valence-electron chi connectivity index (χ2n) is 7.63. The molecule has 0 saturated heterocycles. The summed E-state index contributed by atoms with van der Waals surface area (Å²) < 4.78 is 16.6. The molecule has 0 fully saturated rings. The molecule has 0 atom stereocenters. The van der Waals surface area contributed by atoms with Crippen molar-refractivity contribution in [3.05, 3.63) is 69.8 Å². The predicted molar refractivity (Wildman–Crippen MR) is 132 cm³/mol. The number of benzene rings is 1. The van der Waals surface area contributed by atoms with Crippen LogP contribution in [-0.2, 0) is 24.1 Å². The monoisotopic (exact) mass is 498 g/mol. The summed E-state index contributed by atoms with van der Waals surface area (Å²) >= 11 is 8.82. The van der Waals surface area contributed by atoms with E-state index >= 15 is 0 Å². The minimum atomic E-state index is -0.353. The lowest BCUT2D eigenvalue weighted by Crippen LogP contribution is -2.02. The lowest BCUT2D eigenvalue weighted by Gasteiger charge is -2.08. The maximum atomic E-state index is 14.9. The number of fused-ring (bicyclic) bond motifs is 3. The van der Waals surface area contributed by atoms with Crippen LogP contribution in [-0.4, -0.2) is 30.6 Å². The lowest BCUT2D eigenvalue weighted by molar-refractivity contribution is -0.110. The molecule has 9 heteroatoms. The van der Waals surface area contributed by atoms with E-state index in [1.165, 1.54) is 29.2 Å². The number of nitrogens with zero attached hydrogens (tertiary/aromatic N) is 4. The Hall–Kier alpha value is -2.55. The van der Waals surface area contributed by atoms with Crippen LogP contribution in [0, 0.1) is 5.82 Å². The van der Waals surface area contributed by atoms with E-state index in [0.29, 0.717) is 17.3 Å². The van der Waals surface area contributed by atoms with Crippen LogP contribution >= 0.6 is 34.7 Å². The molecule has 0 saturated carbocycles. The molecule has 0 radical (unpaired) electrons. The number of rotatable bonds is 5. The Bertz CT molecular complexity index is 1330. The zero-order valence-corrected chi connectivity index (χ0v) is 20.2. The fraction of sp³-hybridized carbons (Fsp3) is 0.250. The number of hydrogen-bond donors (Lipinski definition) is 0.